The molecule has 0 amide bonds. The number of aromatic amines is 1. The number of aromatic nitrogens is 4. The molecule has 1 aromatic carbocycles. The van der Waals surface area contributed by atoms with Gasteiger partial charge in [0.25, 0.3) is 0 Å². The molecule has 0 saturated heterocycles. The first-order valence-corrected chi connectivity index (χ1v) is 9.13. The predicted octanol–water partition coefficient (Wildman–Crippen LogP) is 4.93. The molecular weight excluding hydrogens is 328 g/mol. The molecular formula is C20H18N4S. The van der Waals surface area contributed by atoms with Gasteiger partial charge in [0.05, 0.1) is 16.1 Å². The maximum Gasteiger partial charge on any atom is 0.140 e. The molecule has 0 unspecified atom stereocenters. The molecule has 0 atom stereocenters. The highest BCUT2D eigenvalue weighted by atomic mass is 32.2. The number of nitrogens with zero attached hydrogens (tertiary/aromatic N) is 3. The Balaban J connectivity index is 1.53. The topological polar surface area (TPSA) is 54.5 Å². The smallest absolute Gasteiger partial charge is 0.140 e. The van der Waals surface area contributed by atoms with Crippen molar-refractivity contribution in [3.05, 3.63) is 71.7 Å². The van der Waals surface area contributed by atoms with Crippen molar-refractivity contribution < 1.29 is 0 Å². The number of pyridine rings is 2. The molecule has 25 heavy (non-hydrogen) atoms. The van der Waals surface area contributed by atoms with Crippen LogP contribution in [0.3, 0.4) is 0 Å². The Hall–Kier alpha value is -2.66. The largest absolute Gasteiger partial charge is 0.338 e. The van der Waals surface area contributed by atoms with Crippen molar-refractivity contribution in [2.45, 2.75) is 24.6 Å². The monoisotopic (exact) mass is 346 g/mol. The van der Waals surface area contributed by atoms with E-state index in [1.807, 2.05) is 24.5 Å². The van der Waals surface area contributed by atoms with Gasteiger partial charge in [-0.25, -0.2) is 9.97 Å². The summed E-state index contributed by atoms with van der Waals surface area (Å²) in [7, 11) is 0. The summed E-state index contributed by atoms with van der Waals surface area (Å²) in [6, 6.07) is 12.4. The van der Waals surface area contributed by atoms with Gasteiger partial charge < -0.3 is 4.98 Å². The lowest BCUT2D eigenvalue weighted by molar-refractivity contribution is 1.12. The lowest BCUT2D eigenvalue weighted by Gasteiger charge is -2.02. The number of H-pyrrole nitrogens is 1. The van der Waals surface area contributed by atoms with Crippen molar-refractivity contribution >= 4 is 22.8 Å². The summed E-state index contributed by atoms with van der Waals surface area (Å²) in [6.07, 6.45) is 5.56. The molecule has 3 heterocycles. The summed E-state index contributed by atoms with van der Waals surface area (Å²) in [5, 5.41) is 0.996. The number of hydrogen-bond donors (Lipinski definition) is 1. The van der Waals surface area contributed by atoms with Gasteiger partial charge in [0, 0.05) is 29.9 Å². The van der Waals surface area contributed by atoms with E-state index in [0.29, 0.717) is 0 Å². The summed E-state index contributed by atoms with van der Waals surface area (Å²) in [4.78, 5) is 16.8. The minimum absolute atomic E-state index is 0.858. The van der Waals surface area contributed by atoms with Crippen LogP contribution in [0.4, 0.5) is 0 Å². The number of nitrogens with one attached hydrogen (secondary N) is 1. The lowest BCUT2D eigenvalue weighted by Crippen LogP contribution is -1.86. The number of aryl methyl sites for hydroxylation is 2. The van der Waals surface area contributed by atoms with E-state index in [1.54, 1.807) is 18.0 Å². The van der Waals surface area contributed by atoms with Crippen molar-refractivity contribution in [3.63, 3.8) is 0 Å². The fraction of sp³-hybridized carbons (Fsp3) is 0.150. The Labute approximate surface area is 150 Å². The van der Waals surface area contributed by atoms with Crippen molar-refractivity contribution in [1.29, 1.82) is 0 Å². The molecule has 0 spiro atoms. The normalized spacial score (nSPS) is 11.1. The quantitative estimate of drug-likeness (QED) is 0.532. The zero-order chi connectivity index (χ0) is 17.2. The number of benzene rings is 1. The number of hydrogen-bond acceptors (Lipinski definition) is 4. The Morgan fingerprint density at radius 2 is 1.92 bits per heavy atom. The highest BCUT2D eigenvalue weighted by Gasteiger charge is 2.08. The molecule has 4 rings (SSSR count). The van der Waals surface area contributed by atoms with Gasteiger partial charge in [-0.1, -0.05) is 6.07 Å². The Morgan fingerprint density at radius 1 is 1.04 bits per heavy atom. The molecule has 0 radical (unpaired) electrons. The third-order valence-corrected chi connectivity index (χ3v) is 5.23. The second-order valence-electron chi connectivity index (χ2n) is 6.07. The van der Waals surface area contributed by atoms with E-state index in [-0.39, 0.29) is 0 Å². The number of imidazole rings is 1. The van der Waals surface area contributed by atoms with Crippen LogP contribution in [0.1, 0.15) is 16.7 Å². The van der Waals surface area contributed by atoms with Crippen molar-refractivity contribution in [1.82, 2.24) is 19.9 Å². The summed E-state index contributed by atoms with van der Waals surface area (Å²) in [5.74, 6) is 1.72. The van der Waals surface area contributed by atoms with E-state index in [9.17, 15) is 0 Å². The van der Waals surface area contributed by atoms with Gasteiger partial charge in [-0.2, -0.15) is 0 Å². The second kappa shape index (κ2) is 6.69. The first-order chi connectivity index (χ1) is 12.2. The fourth-order valence-electron chi connectivity index (χ4n) is 2.65. The van der Waals surface area contributed by atoms with Gasteiger partial charge in [0.1, 0.15) is 5.82 Å². The standard InChI is InChI=1S/C20H18N4S/c1-13-8-17-18(9-14(13)2)24-20(23-17)16-5-6-19(22-11-16)25-12-15-4-3-7-21-10-15/h3-11H,12H2,1-2H3,(H,23,24). The SMILES string of the molecule is Cc1cc2nc(-c3ccc(SCc4cccnc4)nc3)[nH]c2cc1C. The van der Waals surface area contributed by atoms with E-state index in [2.05, 4.69) is 53.1 Å². The highest BCUT2D eigenvalue weighted by Crippen LogP contribution is 2.25. The summed E-state index contributed by atoms with van der Waals surface area (Å²) in [5.41, 5.74) is 6.77. The van der Waals surface area contributed by atoms with Gasteiger partial charge in [-0.05, 0) is 60.9 Å². The molecule has 0 aliphatic heterocycles. The van der Waals surface area contributed by atoms with Crippen LogP contribution < -0.4 is 0 Å². The number of thioether (sulfide) groups is 1. The van der Waals surface area contributed by atoms with E-state index in [0.717, 1.165) is 33.2 Å². The molecule has 4 nitrogen and oxygen atoms in total. The summed E-state index contributed by atoms with van der Waals surface area (Å²) < 4.78 is 0. The fourth-order valence-corrected chi connectivity index (χ4v) is 3.43. The minimum atomic E-state index is 0.858. The van der Waals surface area contributed by atoms with Gasteiger partial charge in [0.15, 0.2) is 0 Å². The maximum absolute atomic E-state index is 4.70. The molecule has 1 N–H and O–H groups in total. The Bertz CT molecular complexity index is 968. The molecule has 0 fully saturated rings. The van der Waals surface area contributed by atoms with Crippen LogP contribution in [-0.4, -0.2) is 19.9 Å². The average Bonchev–Trinajstić information content (AvgIpc) is 3.04. The molecule has 0 aliphatic carbocycles. The van der Waals surface area contributed by atoms with E-state index >= 15 is 0 Å². The maximum atomic E-state index is 4.70. The van der Waals surface area contributed by atoms with Gasteiger partial charge >= 0.3 is 0 Å². The zero-order valence-corrected chi connectivity index (χ0v) is 15.0. The first kappa shape index (κ1) is 15.8. The van der Waals surface area contributed by atoms with Crippen molar-refractivity contribution in [3.8, 4) is 11.4 Å². The van der Waals surface area contributed by atoms with Crippen LogP contribution in [0.15, 0.2) is 60.0 Å². The van der Waals surface area contributed by atoms with Crippen LogP contribution in [0, 0.1) is 13.8 Å². The number of fused-ring (bicyclic) bond motifs is 1. The molecule has 0 aliphatic rings. The minimum Gasteiger partial charge on any atom is -0.338 e. The number of rotatable bonds is 4. The Morgan fingerprint density at radius 3 is 2.68 bits per heavy atom. The van der Waals surface area contributed by atoms with Gasteiger partial charge in [-0.3, -0.25) is 4.98 Å². The van der Waals surface area contributed by atoms with Crippen molar-refractivity contribution in [2.24, 2.45) is 0 Å². The van der Waals surface area contributed by atoms with Crippen LogP contribution in [0.5, 0.6) is 0 Å². The summed E-state index contributed by atoms with van der Waals surface area (Å²) in [6.45, 7) is 4.23. The van der Waals surface area contributed by atoms with Crippen LogP contribution in [0.25, 0.3) is 22.4 Å². The van der Waals surface area contributed by atoms with Crippen molar-refractivity contribution in [2.75, 3.05) is 0 Å². The molecule has 5 heteroatoms. The van der Waals surface area contributed by atoms with E-state index in [4.69, 9.17) is 4.98 Å². The highest BCUT2D eigenvalue weighted by molar-refractivity contribution is 7.98. The van der Waals surface area contributed by atoms with Gasteiger partial charge in [-0.15, -0.1) is 11.8 Å². The van der Waals surface area contributed by atoms with Gasteiger partial charge in [0.2, 0.25) is 0 Å². The summed E-state index contributed by atoms with van der Waals surface area (Å²) >= 11 is 1.70. The molecule has 0 saturated carbocycles. The second-order valence-corrected chi connectivity index (χ2v) is 7.07. The van der Waals surface area contributed by atoms with Crippen LogP contribution in [0.2, 0.25) is 0 Å². The predicted molar refractivity (Wildman–Crippen MR) is 103 cm³/mol. The third-order valence-electron chi connectivity index (χ3n) is 4.22. The third kappa shape index (κ3) is 3.42. The first-order valence-electron chi connectivity index (χ1n) is 8.14. The lowest BCUT2D eigenvalue weighted by atomic mass is 10.1. The van der Waals surface area contributed by atoms with Crippen LogP contribution >= 0.6 is 11.8 Å². The van der Waals surface area contributed by atoms with E-state index in [1.165, 1.54) is 16.7 Å². The molecule has 3 aromatic heterocycles. The molecule has 4 aromatic rings. The molecule has 0 bridgehead atoms. The average molecular weight is 346 g/mol. The van der Waals surface area contributed by atoms with Crippen LogP contribution in [-0.2, 0) is 5.75 Å². The molecule has 124 valence electrons. The van der Waals surface area contributed by atoms with E-state index < -0.39 is 0 Å². The Kier molecular flexibility index (Phi) is 4.24. The zero-order valence-electron chi connectivity index (χ0n) is 14.2.